The highest BCUT2D eigenvalue weighted by Crippen LogP contribution is 2.44. The first-order valence-corrected chi connectivity index (χ1v) is 12.0. The minimum absolute atomic E-state index is 0. The average molecular weight is 522 g/mol. The molecule has 0 aromatic heterocycles. The standard InChI is InChI=1S/C30H28FNO4.ClH/c1-18(20-14-15-27(31)22-9-4-3-8-21(20)22)32-17-19-16-26(23-10-5-6-13-28(23)36-19)24-11-7-12-25(30(33)34)29(24)35-2;/h3-15,18-19,26,32H,16-17H2,1-2H3,(H,33,34);1H/t18?,19-,26+;/m1./s1. The van der Waals surface area contributed by atoms with Crippen LogP contribution in [0.3, 0.4) is 0 Å². The van der Waals surface area contributed by atoms with E-state index in [1.54, 1.807) is 18.2 Å². The lowest BCUT2D eigenvalue weighted by atomic mass is 9.83. The Hall–Kier alpha value is -3.61. The van der Waals surface area contributed by atoms with Crippen LogP contribution in [0.25, 0.3) is 10.8 Å². The predicted molar refractivity (Wildman–Crippen MR) is 145 cm³/mol. The summed E-state index contributed by atoms with van der Waals surface area (Å²) in [6.45, 7) is 2.63. The first-order chi connectivity index (χ1) is 17.5. The maximum absolute atomic E-state index is 14.3. The number of carboxylic acids is 1. The summed E-state index contributed by atoms with van der Waals surface area (Å²) in [7, 11) is 1.50. The van der Waals surface area contributed by atoms with E-state index in [4.69, 9.17) is 9.47 Å². The molecule has 0 amide bonds. The van der Waals surface area contributed by atoms with Gasteiger partial charge in [0.25, 0.3) is 0 Å². The van der Waals surface area contributed by atoms with Crippen LogP contribution in [-0.2, 0) is 0 Å². The number of aromatic carboxylic acids is 1. The van der Waals surface area contributed by atoms with Gasteiger partial charge in [0.15, 0.2) is 0 Å². The van der Waals surface area contributed by atoms with Crippen molar-refractivity contribution in [2.75, 3.05) is 13.7 Å². The molecule has 0 saturated heterocycles. The molecule has 0 saturated carbocycles. The van der Waals surface area contributed by atoms with Crippen molar-refractivity contribution in [1.29, 1.82) is 0 Å². The van der Waals surface area contributed by atoms with Gasteiger partial charge >= 0.3 is 5.97 Å². The number of methoxy groups -OCH3 is 1. The van der Waals surface area contributed by atoms with Crippen LogP contribution in [0.1, 0.15) is 52.4 Å². The van der Waals surface area contributed by atoms with Gasteiger partial charge in [-0.2, -0.15) is 0 Å². The first-order valence-electron chi connectivity index (χ1n) is 12.0. The maximum atomic E-state index is 14.3. The lowest BCUT2D eigenvalue weighted by molar-refractivity contribution is 0.0693. The molecular weight excluding hydrogens is 493 g/mol. The van der Waals surface area contributed by atoms with E-state index in [0.717, 1.165) is 27.8 Å². The number of para-hydroxylation sites is 2. The summed E-state index contributed by atoms with van der Waals surface area (Å²) in [6.07, 6.45) is 0.498. The molecule has 4 aromatic rings. The van der Waals surface area contributed by atoms with Crippen molar-refractivity contribution in [2.24, 2.45) is 0 Å². The van der Waals surface area contributed by atoms with Crippen molar-refractivity contribution >= 4 is 29.1 Å². The summed E-state index contributed by atoms with van der Waals surface area (Å²) in [5.41, 5.74) is 3.00. The zero-order valence-electron chi connectivity index (χ0n) is 20.6. The maximum Gasteiger partial charge on any atom is 0.339 e. The molecule has 1 aliphatic rings. The van der Waals surface area contributed by atoms with E-state index < -0.39 is 5.97 Å². The van der Waals surface area contributed by atoms with Crippen molar-refractivity contribution in [3.8, 4) is 11.5 Å². The molecule has 1 aliphatic heterocycles. The zero-order valence-corrected chi connectivity index (χ0v) is 21.4. The van der Waals surface area contributed by atoms with Crippen LogP contribution in [0.4, 0.5) is 4.39 Å². The molecule has 4 aromatic carbocycles. The normalized spacial score (nSPS) is 17.3. The summed E-state index contributed by atoms with van der Waals surface area (Å²) in [5, 5.41) is 14.7. The number of ether oxygens (including phenoxy) is 2. The van der Waals surface area contributed by atoms with Gasteiger partial charge in [-0.15, -0.1) is 12.4 Å². The van der Waals surface area contributed by atoms with Crippen LogP contribution in [-0.4, -0.2) is 30.8 Å². The molecule has 0 bridgehead atoms. The van der Waals surface area contributed by atoms with Crippen LogP contribution in [0.5, 0.6) is 11.5 Å². The van der Waals surface area contributed by atoms with Gasteiger partial charge in [0.1, 0.15) is 29.0 Å². The van der Waals surface area contributed by atoms with Gasteiger partial charge in [-0.05, 0) is 42.5 Å². The lowest BCUT2D eigenvalue weighted by Crippen LogP contribution is -2.37. The minimum Gasteiger partial charge on any atom is -0.496 e. The molecule has 0 aliphatic carbocycles. The molecule has 0 radical (unpaired) electrons. The third kappa shape index (κ3) is 5.13. The van der Waals surface area contributed by atoms with Crippen LogP contribution in [0, 0.1) is 5.82 Å². The molecule has 192 valence electrons. The molecule has 37 heavy (non-hydrogen) atoms. The molecule has 0 spiro atoms. The number of benzene rings is 4. The van der Waals surface area contributed by atoms with Crippen molar-refractivity contribution in [1.82, 2.24) is 5.32 Å². The molecule has 3 atom stereocenters. The zero-order chi connectivity index (χ0) is 25.2. The lowest BCUT2D eigenvalue weighted by Gasteiger charge is -2.34. The number of fused-ring (bicyclic) bond motifs is 2. The Morgan fingerprint density at radius 3 is 2.49 bits per heavy atom. The van der Waals surface area contributed by atoms with Crippen molar-refractivity contribution in [3.05, 3.63) is 107 Å². The highest BCUT2D eigenvalue weighted by Gasteiger charge is 2.32. The Kier molecular flexibility index (Phi) is 8.00. The molecule has 1 unspecified atom stereocenters. The number of carbonyl (C=O) groups is 1. The average Bonchev–Trinajstić information content (AvgIpc) is 2.91. The fourth-order valence-electron chi connectivity index (χ4n) is 5.22. The number of hydrogen-bond acceptors (Lipinski definition) is 4. The number of hydrogen-bond donors (Lipinski definition) is 2. The Labute approximate surface area is 221 Å². The van der Waals surface area contributed by atoms with Gasteiger partial charge < -0.3 is 19.9 Å². The van der Waals surface area contributed by atoms with Gasteiger partial charge in [0.2, 0.25) is 0 Å². The Bertz CT molecular complexity index is 1430. The minimum atomic E-state index is -1.02. The van der Waals surface area contributed by atoms with E-state index in [9.17, 15) is 14.3 Å². The third-order valence-corrected chi connectivity index (χ3v) is 6.96. The number of halogens is 2. The molecule has 5 rings (SSSR count). The summed E-state index contributed by atoms with van der Waals surface area (Å²) in [6, 6.07) is 23.9. The molecule has 2 N–H and O–H groups in total. The van der Waals surface area contributed by atoms with Gasteiger partial charge in [-0.1, -0.05) is 60.7 Å². The second kappa shape index (κ2) is 11.2. The fraction of sp³-hybridized carbons (Fsp3) is 0.233. The van der Waals surface area contributed by atoms with Crippen LogP contribution >= 0.6 is 12.4 Å². The third-order valence-electron chi connectivity index (χ3n) is 6.96. The fourth-order valence-corrected chi connectivity index (χ4v) is 5.22. The van der Waals surface area contributed by atoms with E-state index in [1.807, 2.05) is 54.6 Å². The Balaban J connectivity index is 0.00000320. The van der Waals surface area contributed by atoms with Crippen LogP contribution < -0.4 is 14.8 Å². The Morgan fingerprint density at radius 1 is 1.03 bits per heavy atom. The summed E-state index contributed by atoms with van der Waals surface area (Å²) in [5.74, 6) is -0.174. The second-order valence-corrected chi connectivity index (χ2v) is 9.11. The van der Waals surface area contributed by atoms with Gasteiger partial charge in [-0.25, -0.2) is 9.18 Å². The van der Waals surface area contributed by atoms with Crippen molar-refractivity contribution < 1.29 is 23.8 Å². The molecule has 0 fully saturated rings. The van der Waals surface area contributed by atoms with Gasteiger partial charge in [0, 0.05) is 35.0 Å². The predicted octanol–water partition coefficient (Wildman–Crippen LogP) is 6.74. The van der Waals surface area contributed by atoms with Gasteiger partial charge in [0.05, 0.1) is 7.11 Å². The van der Waals surface area contributed by atoms with Crippen molar-refractivity contribution in [2.45, 2.75) is 31.4 Å². The quantitative estimate of drug-likeness (QED) is 0.282. The van der Waals surface area contributed by atoms with Crippen LogP contribution in [0.15, 0.2) is 78.9 Å². The Morgan fingerprint density at radius 2 is 1.73 bits per heavy atom. The van der Waals surface area contributed by atoms with Crippen molar-refractivity contribution in [3.63, 3.8) is 0 Å². The van der Waals surface area contributed by atoms with E-state index in [1.165, 1.54) is 13.2 Å². The van der Waals surface area contributed by atoms with E-state index in [2.05, 4.69) is 12.2 Å². The smallest absolute Gasteiger partial charge is 0.339 e. The number of rotatable bonds is 7. The summed E-state index contributed by atoms with van der Waals surface area (Å²) in [4.78, 5) is 11.8. The SMILES string of the molecule is COc1c(C(=O)O)cccc1[C@H]1C[C@H](CNC(C)c2ccc(F)c3ccccc23)Oc2ccccc21.Cl. The molecular formula is C30H29ClFNO4. The number of carboxylic acid groups (broad SMARTS) is 1. The highest BCUT2D eigenvalue weighted by molar-refractivity contribution is 5.91. The van der Waals surface area contributed by atoms with E-state index in [0.29, 0.717) is 24.1 Å². The molecule has 1 heterocycles. The first kappa shape index (κ1) is 26.5. The monoisotopic (exact) mass is 521 g/mol. The highest BCUT2D eigenvalue weighted by atomic mass is 35.5. The van der Waals surface area contributed by atoms with E-state index in [-0.39, 0.29) is 41.9 Å². The summed E-state index contributed by atoms with van der Waals surface area (Å²) >= 11 is 0. The molecule has 5 nitrogen and oxygen atoms in total. The number of nitrogens with one attached hydrogen (secondary N) is 1. The van der Waals surface area contributed by atoms with Crippen LogP contribution in [0.2, 0.25) is 0 Å². The second-order valence-electron chi connectivity index (χ2n) is 9.11. The van der Waals surface area contributed by atoms with Gasteiger partial charge in [-0.3, -0.25) is 0 Å². The molecule has 7 heteroatoms. The topological polar surface area (TPSA) is 67.8 Å². The van der Waals surface area contributed by atoms with E-state index >= 15 is 0 Å². The summed E-state index contributed by atoms with van der Waals surface area (Å²) < 4.78 is 26.2. The largest absolute Gasteiger partial charge is 0.496 e.